The molecule has 1 amide bonds. The Kier molecular flexibility index (Phi) is 3.37. The number of halogens is 3. The maximum Gasteiger partial charge on any atom is 0.471 e. The average Bonchev–Trinajstić information content (AvgIpc) is 2.87. The summed E-state index contributed by atoms with van der Waals surface area (Å²) < 4.78 is 45.3. The molecule has 0 radical (unpaired) electrons. The molecule has 0 N–H and O–H groups in total. The van der Waals surface area contributed by atoms with E-state index in [1.807, 2.05) is 13.0 Å². The number of carbonyl (C=O) groups is 2. The quantitative estimate of drug-likeness (QED) is 0.566. The second-order valence-corrected chi connectivity index (χ2v) is 7.36. The monoisotopic (exact) mass is 365 g/mol. The van der Waals surface area contributed by atoms with Crippen LogP contribution in [-0.2, 0) is 14.3 Å². The van der Waals surface area contributed by atoms with E-state index in [0.717, 1.165) is 17.6 Å². The van der Waals surface area contributed by atoms with Gasteiger partial charge in [0.2, 0.25) is 0 Å². The third-order valence-electron chi connectivity index (χ3n) is 6.26. The first-order chi connectivity index (χ1) is 12.2. The molecule has 0 aromatic heterocycles. The van der Waals surface area contributed by atoms with Crippen LogP contribution in [0.3, 0.4) is 0 Å². The second kappa shape index (κ2) is 5.11. The molecule has 5 atom stereocenters. The van der Waals surface area contributed by atoms with Gasteiger partial charge in [-0.25, -0.2) is 4.79 Å². The Morgan fingerprint density at radius 1 is 1.27 bits per heavy atom. The highest BCUT2D eigenvalue weighted by Gasteiger charge is 2.73. The standard InChI is InChI=1S/C19H18F3NO3/c1-9-8-18(17(25)26-3)14-11-6-4-5-7-12(11)15(10(2)13(9)14)23(18)16(24)19(20,21)22/h4-7,10,13-15H,1,8H2,2-3H3/t10-,13-,14-,15-,18+/m1/s1. The lowest BCUT2D eigenvalue weighted by atomic mass is 9.58. The molecule has 1 saturated heterocycles. The lowest BCUT2D eigenvalue weighted by Gasteiger charge is -2.59. The fourth-order valence-electron chi connectivity index (χ4n) is 5.55. The molecule has 2 aliphatic carbocycles. The van der Waals surface area contributed by atoms with Crippen LogP contribution in [0.2, 0.25) is 0 Å². The van der Waals surface area contributed by atoms with Crippen molar-refractivity contribution in [2.45, 2.75) is 37.0 Å². The smallest absolute Gasteiger partial charge is 0.467 e. The molecular weight excluding hydrogens is 347 g/mol. The van der Waals surface area contributed by atoms with Crippen LogP contribution < -0.4 is 0 Å². The van der Waals surface area contributed by atoms with Gasteiger partial charge in [0.15, 0.2) is 5.54 Å². The zero-order valence-corrected chi connectivity index (χ0v) is 14.3. The minimum Gasteiger partial charge on any atom is -0.467 e. The van der Waals surface area contributed by atoms with Crippen LogP contribution in [0.25, 0.3) is 0 Å². The van der Waals surface area contributed by atoms with Gasteiger partial charge in [0.25, 0.3) is 0 Å². The number of carbonyl (C=O) groups excluding carboxylic acids is 2. The molecule has 0 unspecified atom stereocenters. The van der Waals surface area contributed by atoms with E-state index in [1.54, 1.807) is 18.2 Å². The van der Waals surface area contributed by atoms with E-state index in [1.165, 1.54) is 0 Å². The first kappa shape index (κ1) is 17.1. The van der Waals surface area contributed by atoms with Crippen molar-refractivity contribution < 1.29 is 27.5 Å². The molecule has 1 aromatic carbocycles. The summed E-state index contributed by atoms with van der Waals surface area (Å²) in [4.78, 5) is 26.0. The number of ether oxygens (including phenoxy) is 1. The highest BCUT2D eigenvalue weighted by molar-refractivity contribution is 5.94. The van der Waals surface area contributed by atoms with Gasteiger partial charge in [0.1, 0.15) is 0 Å². The number of nitrogens with zero attached hydrogens (tertiary/aromatic N) is 1. The summed E-state index contributed by atoms with van der Waals surface area (Å²) in [6, 6.07) is 6.27. The van der Waals surface area contributed by atoms with Crippen molar-refractivity contribution in [3.63, 3.8) is 0 Å². The first-order valence-electron chi connectivity index (χ1n) is 8.41. The van der Waals surface area contributed by atoms with Gasteiger partial charge in [0, 0.05) is 12.3 Å². The Morgan fingerprint density at radius 3 is 2.46 bits per heavy atom. The third kappa shape index (κ3) is 1.81. The van der Waals surface area contributed by atoms with E-state index < -0.39 is 35.6 Å². The normalized spacial score (nSPS) is 34.7. The molecule has 1 saturated carbocycles. The molecule has 4 bridgehead atoms. The molecule has 26 heavy (non-hydrogen) atoms. The maximum absolute atomic E-state index is 13.5. The molecule has 2 heterocycles. The zero-order chi connectivity index (χ0) is 19.0. The number of esters is 1. The van der Waals surface area contributed by atoms with E-state index in [2.05, 4.69) is 6.58 Å². The molecule has 2 aliphatic heterocycles. The Balaban J connectivity index is 2.04. The van der Waals surface area contributed by atoms with E-state index in [-0.39, 0.29) is 18.3 Å². The topological polar surface area (TPSA) is 46.6 Å². The number of piperidine rings is 1. The molecule has 1 aromatic rings. The van der Waals surface area contributed by atoms with Gasteiger partial charge in [-0.3, -0.25) is 4.79 Å². The van der Waals surface area contributed by atoms with Gasteiger partial charge < -0.3 is 9.64 Å². The summed E-state index contributed by atoms with van der Waals surface area (Å²) in [5.74, 6) is -3.81. The van der Waals surface area contributed by atoms with Gasteiger partial charge in [0.05, 0.1) is 13.2 Å². The van der Waals surface area contributed by atoms with Crippen LogP contribution in [0.1, 0.15) is 36.4 Å². The lowest BCUT2D eigenvalue weighted by molar-refractivity contribution is -0.208. The van der Waals surface area contributed by atoms with Crippen LogP contribution in [0.4, 0.5) is 13.2 Å². The Bertz CT molecular complexity index is 834. The first-order valence-corrected chi connectivity index (χ1v) is 8.41. The van der Waals surface area contributed by atoms with E-state index >= 15 is 0 Å². The van der Waals surface area contributed by atoms with Crippen molar-refractivity contribution in [3.05, 3.63) is 47.5 Å². The number of amides is 1. The fraction of sp³-hybridized carbons (Fsp3) is 0.474. The molecular formula is C19H18F3NO3. The largest absolute Gasteiger partial charge is 0.471 e. The average molecular weight is 365 g/mol. The predicted molar refractivity (Wildman–Crippen MR) is 86.0 cm³/mol. The number of hydrogen-bond donors (Lipinski definition) is 0. The Hall–Kier alpha value is -2.31. The minimum atomic E-state index is -5.08. The van der Waals surface area contributed by atoms with Crippen molar-refractivity contribution in [1.29, 1.82) is 0 Å². The van der Waals surface area contributed by atoms with Crippen molar-refractivity contribution >= 4 is 11.9 Å². The summed E-state index contributed by atoms with van der Waals surface area (Å²) in [5.41, 5.74) is 0.503. The van der Waals surface area contributed by atoms with Crippen molar-refractivity contribution in [2.75, 3.05) is 7.11 Å². The lowest BCUT2D eigenvalue weighted by Crippen LogP contribution is -2.69. The van der Waals surface area contributed by atoms with Gasteiger partial charge in [-0.15, -0.1) is 0 Å². The van der Waals surface area contributed by atoms with Gasteiger partial charge in [-0.1, -0.05) is 43.3 Å². The van der Waals surface area contributed by atoms with Gasteiger partial charge in [-0.2, -0.15) is 13.2 Å². The van der Waals surface area contributed by atoms with Crippen LogP contribution >= 0.6 is 0 Å². The van der Waals surface area contributed by atoms with Crippen LogP contribution in [-0.4, -0.2) is 35.6 Å². The Labute approximate surface area is 148 Å². The molecule has 5 rings (SSSR count). The summed E-state index contributed by atoms with van der Waals surface area (Å²) in [7, 11) is 1.14. The van der Waals surface area contributed by atoms with Crippen molar-refractivity contribution in [2.24, 2.45) is 11.8 Å². The summed E-state index contributed by atoms with van der Waals surface area (Å²) in [5, 5.41) is 0. The van der Waals surface area contributed by atoms with Gasteiger partial charge in [-0.05, 0) is 23.0 Å². The summed E-state index contributed by atoms with van der Waals surface area (Å²) in [6.45, 7) is 5.86. The highest BCUT2D eigenvalue weighted by atomic mass is 19.4. The molecule has 4 nitrogen and oxygen atoms in total. The molecule has 7 heteroatoms. The number of hydrogen-bond acceptors (Lipinski definition) is 3. The number of benzene rings is 1. The fourth-order valence-corrected chi connectivity index (χ4v) is 5.55. The van der Waals surface area contributed by atoms with Crippen molar-refractivity contribution in [1.82, 2.24) is 4.90 Å². The van der Waals surface area contributed by atoms with E-state index in [9.17, 15) is 22.8 Å². The van der Waals surface area contributed by atoms with E-state index in [0.29, 0.717) is 11.1 Å². The molecule has 4 aliphatic rings. The summed E-state index contributed by atoms with van der Waals surface area (Å²) in [6.07, 6.45) is -5.08. The van der Waals surface area contributed by atoms with Crippen molar-refractivity contribution in [3.8, 4) is 0 Å². The van der Waals surface area contributed by atoms with Gasteiger partial charge >= 0.3 is 18.1 Å². The Morgan fingerprint density at radius 2 is 1.88 bits per heavy atom. The molecule has 0 spiro atoms. The molecule has 138 valence electrons. The highest BCUT2D eigenvalue weighted by Crippen LogP contribution is 2.68. The van der Waals surface area contributed by atoms with Crippen LogP contribution in [0.15, 0.2) is 36.4 Å². The van der Waals surface area contributed by atoms with Crippen LogP contribution in [0, 0.1) is 11.8 Å². The third-order valence-corrected chi connectivity index (χ3v) is 6.26. The summed E-state index contributed by atoms with van der Waals surface area (Å²) >= 11 is 0. The zero-order valence-electron chi connectivity index (χ0n) is 14.3. The second-order valence-electron chi connectivity index (χ2n) is 7.36. The number of methoxy groups -OCH3 is 1. The molecule has 2 fully saturated rings. The van der Waals surface area contributed by atoms with Crippen LogP contribution in [0.5, 0.6) is 0 Å². The predicted octanol–water partition coefficient (Wildman–Crippen LogP) is 3.35. The minimum absolute atomic E-state index is 0.00794. The number of alkyl halides is 3. The maximum atomic E-state index is 13.5. The van der Waals surface area contributed by atoms with E-state index in [4.69, 9.17) is 4.74 Å². The SMILES string of the molecule is C=C1C[C@@]2(C(=O)OC)[C@@H]3c4ccccc4[C@@H]([C@H](C)[C@@H]13)N2C(=O)C(F)(F)F. The number of rotatable bonds is 1.